The number of rotatable bonds is 5. The minimum absolute atomic E-state index is 0.0314. The maximum absolute atomic E-state index is 13.2. The van der Waals surface area contributed by atoms with E-state index in [2.05, 4.69) is 5.32 Å². The van der Waals surface area contributed by atoms with Gasteiger partial charge in [-0.15, -0.1) is 0 Å². The maximum atomic E-state index is 13.2. The third-order valence-corrected chi connectivity index (χ3v) is 3.09. The van der Waals surface area contributed by atoms with Crippen molar-refractivity contribution in [3.05, 3.63) is 71.0 Å². The first kappa shape index (κ1) is 14.2. The van der Waals surface area contributed by atoms with E-state index in [1.165, 1.54) is 12.1 Å². The van der Waals surface area contributed by atoms with Gasteiger partial charge in [-0.2, -0.15) is 5.26 Å². The highest BCUT2D eigenvalue weighted by Crippen LogP contribution is 2.14. The molecule has 2 aromatic carbocycles. The van der Waals surface area contributed by atoms with Gasteiger partial charge in [0.05, 0.1) is 18.2 Å². The summed E-state index contributed by atoms with van der Waals surface area (Å²) in [4.78, 5) is 0. The highest BCUT2D eigenvalue weighted by molar-refractivity contribution is 5.34. The summed E-state index contributed by atoms with van der Waals surface area (Å²) >= 11 is 0. The highest BCUT2D eigenvalue weighted by Gasteiger charge is 2.10. The Bertz CT molecular complexity index is 608. The topological polar surface area (TPSA) is 56.0 Å². The largest absolute Gasteiger partial charge is 0.394 e. The Kier molecular flexibility index (Phi) is 4.83. The number of nitrogens with zero attached hydrogens (tertiary/aromatic N) is 1. The lowest BCUT2D eigenvalue weighted by Crippen LogP contribution is -2.24. The van der Waals surface area contributed by atoms with Gasteiger partial charge in [-0.25, -0.2) is 4.39 Å². The lowest BCUT2D eigenvalue weighted by molar-refractivity contribution is 0.243. The molecule has 0 aliphatic carbocycles. The molecule has 1 atom stereocenters. The quantitative estimate of drug-likeness (QED) is 0.877. The molecule has 0 bridgehead atoms. The van der Waals surface area contributed by atoms with Gasteiger partial charge in [0, 0.05) is 6.54 Å². The summed E-state index contributed by atoms with van der Waals surface area (Å²) in [6, 6.07) is 15.6. The fraction of sp³-hybridized carbons (Fsp3) is 0.188. The number of aliphatic hydroxyl groups is 1. The molecule has 2 rings (SSSR count). The molecule has 0 unspecified atom stereocenters. The minimum atomic E-state index is -0.516. The average molecular weight is 270 g/mol. The van der Waals surface area contributed by atoms with Crippen LogP contribution in [0, 0.1) is 17.1 Å². The van der Waals surface area contributed by atoms with Crippen LogP contribution >= 0.6 is 0 Å². The Morgan fingerprint density at radius 2 is 1.95 bits per heavy atom. The molecule has 0 heterocycles. The number of benzene rings is 2. The summed E-state index contributed by atoms with van der Waals surface area (Å²) in [6.45, 7) is 0.422. The predicted molar refractivity (Wildman–Crippen MR) is 74.2 cm³/mol. The number of nitriles is 1. The van der Waals surface area contributed by atoms with Crippen molar-refractivity contribution in [2.75, 3.05) is 6.61 Å². The second kappa shape index (κ2) is 6.80. The van der Waals surface area contributed by atoms with Gasteiger partial charge in [-0.05, 0) is 23.3 Å². The fourth-order valence-corrected chi connectivity index (χ4v) is 1.98. The van der Waals surface area contributed by atoms with Gasteiger partial charge in [0.15, 0.2) is 0 Å². The molecule has 4 heteroatoms. The lowest BCUT2D eigenvalue weighted by Gasteiger charge is -2.16. The van der Waals surface area contributed by atoms with E-state index in [-0.39, 0.29) is 18.2 Å². The van der Waals surface area contributed by atoms with Crippen LogP contribution in [-0.2, 0) is 6.54 Å². The van der Waals surface area contributed by atoms with E-state index in [0.717, 1.165) is 11.1 Å². The second-order valence-electron chi connectivity index (χ2n) is 4.45. The van der Waals surface area contributed by atoms with E-state index in [0.29, 0.717) is 6.54 Å². The summed E-state index contributed by atoms with van der Waals surface area (Å²) in [5.41, 5.74) is 1.82. The molecule has 0 fully saturated rings. The Balaban J connectivity index is 2.06. The van der Waals surface area contributed by atoms with Crippen molar-refractivity contribution in [3.8, 4) is 6.07 Å². The molecule has 2 N–H and O–H groups in total. The first-order valence-corrected chi connectivity index (χ1v) is 6.32. The van der Waals surface area contributed by atoms with Crippen LogP contribution in [0.5, 0.6) is 0 Å². The van der Waals surface area contributed by atoms with Crippen LogP contribution in [0.1, 0.15) is 22.7 Å². The first-order valence-electron chi connectivity index (χ1n) is 6.32. The van der Waals surface area contributed by atoms with Crippen LogP contribution in [-0.4, -0.2) is 11.7 Å². The van der Waals surface area contributed by atoms with Gasteiger partial charge < -0.3 is 10.4 Å². The normalized spacial score (nSPS) is 11.8. The predicted octanol–water partition coefficient (Wildman–Crippen LogP) is 2.52. The monoisotopic (exact) mass is 270 g/mol. The summed E-state index contributed by atoms with van der Waals surface area (Å²) in [6.07, 6.45) is 0. The number of halogens is 1. The lowest BCUT2D eigenvalue weighted by atomic mass is 10.1. The van der Waals surface area contributed by atoms with E-state index in [9.17, 15) is 9.50 Å². The zero-order chi connectivity index (χ0) is 14.4. The van der Waals surface area contributed by atoms with Gasteiger partial charge in [-0.3, -0.25) is 0 Å². The van der Waals surface area contributed by atoms with Gasteiger partial charge in [-0.1, -0.05) is 36.4 Å². The molecule has 0 amide bonds. The van der Waals surface area contributed by atoms with Crippen molar-refractivity contribution >= 4 is 0 Å². The maximum Gasteiger partial charge on any atom is 0.140 e. The fourth-order valence-electron chi connectivity index (χ4n) is 1.98. The molecular formula is C16H15FN2O. The molecule has 3 nitrogen and oxygen atoms in total. The molecule has 0 aliphatic heterocycles. The van der Waals surface area contributed by atoms with Crippen LogP contribution in [0.25, 0.3) is 0 Å². The number of aliphatic hydroxyl groups excluding tert-OH is 1. The molecule has 0 radical (unpaired) electrons. The van der Waals surface area contributed by atoms with Gasteiger partial charge in [0.25, 0.3) is 0 Å². The van der Waals surface area contributed by atoms with Crippen molar-refractivity contribution in [2.24, 2.45) is 0 Å². The molecule has 102 valence electrons. The van der Waals surface area contributed by atoms with Crippen molar-refractivity contribution < 1.29 is 9.50 Å². The Hall–Kier alpha value is -2.22. The summed E-state index contributed by atoms with van der Waals surface area (Å²) in [5, 5.41) is 21.4. The molecule has 0 saturated heterocycles. The number of hydrogen-bond acceptors (Lipinski definition) is 3. The molecule has 0 aromatic heterocycles. The second-order valence-corrected chi connectivity index (χ2v) is 4.45. The van der Waals surface area contributed by atoms with Crippen LogP contribution in [0.15, 0.2) is 48.5 Å². The SMILES string of the molecule is N#Cc1cc(CN[C@H](CO)c2ccccc2)ccc1F. The van der Waals surface area contributed by atoms with Gasteiger partial charge in [0.1, 0.15) is 11.9 Å². The van der Waals surface area contributed by atoms with Crippen LogP contribution in [0.3, 0.4) is 0 Å². The molecule has 0 spiro atoms. The van der Waals surface area contributed by atoms with Crippen LogP contribution in [0.4, 0.5) is 4.39 Å². The Morgan fingerprint density at radius 3 is 2.60 bits per heavy atom. The van der Waals surface area contributed by atoms with Crippen molar-refractivity contribution in [1.82, 2.24) is 5.32 Å². The van der Waals surface area contributed by atoms with E-state index in [1.54, 1.807) is 6.07 Å². The Labute approximate surface area is 117 Å². The van der Waals surface area contributed by atoms with E-state index < -0.39 is 5.82 Å². The van der Waals surface area contributed by atoms with Gasteiger partial charge in [0.2, 0.25) is 0 Å². The van der Waals surface area contributed by atoms with E-state index in [1.807, 2.05) is 36.4 Å². The summed E-state index contributed by atoms with van der Waals surface area (Å²) < 4.78 is 13.2. The first-order chi connectivity index (χ1) is 9.74. The van der Waals surface area contributed by atoms with Crippen LogP contribution < -0.4 is 5.32 Å². The summed E-state index contributed by atoms with van der Waals surface area (Å²) in [5.74, 6) is -0.516. The minimum Gasteiger partial charge on any atom is -0.394 e. The van der Waals surface area contributed by atoms with Gasteiger partial charge >= 0.3 is 0 Å². The van der Waals surface area contributed by atoms with Crippen molar-refractivity contribution in [2.45, 2.75) is 12.6 Å². The number of nitrogens with one attached hydrogen (secondary N) is 1. The third-order valence-electron chi connectivity index (χ3n) is 3.09. The highest BCUT2D eigenvalue weighted by atomic mass is 19.1. The van der Waals surface area contributed by atoms with Crippen LogP contribution in [0.2, 0.25) is 0 Å². The molecule has 2 aromatic rings. The molecule has 0 aliphatic rings. The molecular weight excluding hydrogens is 255 g/mol. The summed E-state index contributed by atoms with van der Waals surface area (Å²) in [7, 11) is 0. The standard InChI is InChI=1S/C16H15FN2O/c17-15-7-6-12(8-14(15)9-18)10-19-16(11-20)13-4-2-1-3-5-13/h1-8,16,19-20H,10-11H2/t16-/m1/s1. The van der Waals surface area contributed by atoms with E-state index >= 15 is 0 Å². The molecule has 20 heavy (non-hydrogen) atoms. The zero-order valence-electron chi connectivity index (χ0n) is 10.9. The average Bonchev–Trinajstić information content (AvgIpc) is 2.50. The number of hydrogen-bond donors (Lipinski definition) is 2. The smallest absolute Gasteiger partial charge is 0.140 e. The van der Waals surface area contributed by atoms with Crippen molar-refractivity contribution in [3.63, 3.8) is 0 Å². The zero-order valence-corrected chi connectivity index (χ0v) is 10.9. The third kappa shape index (κ3) is 3.41. The van der Waals surface area contributed by atoms with Crippen molar-refractivity contribution in [1.29, 1.82) is 5.26 Å². The Morgan fingerprint density at radius 1 is 1.20 bits per heavy atom. The molecule has 0 saturated carbocycles. The van der Waals surface area contributed by atoms with E-state index in [4.69, 9.17) is 5.26 Å².